The SMILES string of the molecule is COc1ccccc1CCC(c1cc(C(N)=O)cc2c1-c1ccccc1C2)N1CCNCC1.Cl. The summed E-state index contributed by atoms with van der Waals surface area (Å²) in [6.45, 7) is 3.90. The maximum atomic E-state index is 12.3. The number of hydrogen-bond acceptors (Lipinski definition) is 4. The summed E-state index contributed by atoms with van der Waals surface area (Å²) in [7, 11) is 1.73. The number of carbonyl (C=O) groups is 1. The number of aryl methyl sites for hydroxylation is 1. The lowest BCUT2D eigenvalue weighted by molar-refractivity contribution is 0.0999. The maximum Gasteiger partial charge on any atom is 0.248 e. The van der Waals surface area contributed by atoms with Crippen molar-refractivity contribution in [2.45, 2.75) is 25.3 Å². The molecule has 2 aliphatic rings. The first-order chi connectivity index (χ1) is 16.2. The minimum atomic E-state index is -0.362. The molecular formula is C28H32ClN3O2. The van der Waals surface area contributed by atoms with Crippen molar-refractivity contribution in [1.29, 1.82) is 0 Å². The van der Waals surface area contributed by atoms with Gasteiger partial charge in [-0.15, -0.1) is 12.4 Å². The smallest absolute Gasteiger partial charge is 0.248 e. The number of para-hydroxylation sites is 1. The fraction of sp³-hybridized carbons (Fsp3) is 0.321. The molecule has 6 heteroatoms. The molecule has 5 rings (SSSR count). The van der Waals surface area contributed by atoms with Crippen molar-refractivity contribution in [2.75, 3.05) is 33.3 Å². The molecular weight excluding hydrogens is 446 g/mol. The van der Waals surface area contributed by atoms with Gasteiger partial charge in [-0.2, -0.15) is 0 Å². The molecule has 1 amide bonds. The molecule has 1 aliphatic heterocycles. The van der Waals surface area contributed by atoms with Crippen molar-refractivity contribution in [3.8, 4) is 16.9 Å². The van der Waals surface area contributed by atoms with Crippen LogP contribution in [0.3, 0.4) is 0 Å². The number of rotatable bonds is 7. The summed E-state index contributed by atoms with van der Waals surface area (Å²) in [6, 6.07) is 21.1. The number of piperazine rings is 1. The first-order valence-electron chi connectivity index (χ1n) is 11.8. The molecule has 3 aromatic rings. The van der Waals surface area contributed by atoms with Gasteiger partial charge in [-0.1, -0.05) is 42.5 Å². The Kier molecular flexibility index (Phi) is 7.57. The van der Waals surface area contributed by atoms with Gasteiger partial charge >= 0.3 is 0 Å². The van der Waals surface area contributed by atoms with E-state index in [2.05, 4.69) is 52.7 Å². The van der Waals surface area contributed by atoms with Crippen molar-refractivity contribution in [3.05, 3.63) is 88.5 Å². The summed E-state index contributed by atoms with van der Waals surface area (Å²) >= 11 is 0. The van der Waals surface area contributed by atoms with Gasteiger partial charge in [-0.05, 0) is 70.8 Å². The third-order valence-corrected chi connectivity index (χ3v) is 7.03. The summed E-state index contributed by atoms with van der Waals surface area (Å²) in [5, 5.41) is 3.47. The van der Waals surface area contributed by atoms with Gasteiger partial charge in [0.1, 0.15) is 5.75 Å². The minimum absolute atomic E-state index is 0. The van der Waals surface area contributed by atoms with E-state index in [1.54, 1.807) is 7.11 Å². The highest BCUT2D eigenvalue weighted by molar-refractivity contribution is 5.95. The van der Waals surface area contributed by atoms with Crippen molar-refractivity contribution < 1.29 is 9.53 Å². The topological polar surface area (TPSA) is 67.6 Å². The van der Waals surface area contributed by atoms with Crippen LogP contribution in [0.1, 0.15) is 45.1 Å². The summed E-state index contributed by atoms with van der Waals surface area (Å²) in [5.41, 5.74) is 13.9. The number of nitrogens with one attached hydrogen (secondary N) is 1. The Hall–Kier alpha value is -2.86. The van der Waals surface area contributed by atoms with Gasteiger partial charge in [0.25, 0.3) is 0 Å². The van der Waals surface area contributed by atoms with Gasteiger partial charge in [0.2, 0.25) is 5.91 Å². The maximum absolute atomic E-state index is 12.3. The quantitative estimate of drug-likeness (QED) is 0.415. The number of amides is 1. The molecule has 0 saturated carbocycles. The first-order valence-corrected chi connectivity index (χ1v) is 11.8. The molecule has 0 spiro atoms. The van der Waals surface area contributed by atoms with Gasteiger partial charge in [0.05, 0.1) is 7.11 Å². The van der Waals surface area contributed by atoms with E-state index >= 15 is 0 Å². The molecule has 1 aliphatic carbocycles. The number of primary amides is 1. The molecule has 1 saturated heterocycles. The summed E-state index contributed by atoms with van der Waals surface area (Å²) in [4.78, 5) is 14.8. The average molecular weight is 478 g/mol. The number of halogens is 1. The Morgan fingerprint density at radius 3 is 2.56 bits per heavy atom. The molecule has 3 aromatic carbocycles. The van der Waals surface area contributed by atoms with Crippen LogP contribution in [0.25, 0.3) is 11.1 Å². The third-order valence-electron chi connectivity index (χ3n) is 7.03. The van der Waals surface area contributed by atoms with Gasteiger partial charge in [0.15, 0.2) is 0 Å². The minimum Gasteiger partial charge on any atom is -0.496 e. The van der Waals surface area contributed by atoms with E-state index in [-0.39, 0.29) is 24.4 Å². The van der Waals surface area contributed by atoms with E-state index in [9.17, 15) is 4.79 Å². The zero-order valence-electron chi connectivity index (χ0n) is 19.5. The Morgan fingerprint density at radius 2 is 1.79 bits per heavy atom. The predicted molar refractivity (Wildman–Crippen MR) is 139 cm³/mol. The van der Waals surface area contributed by atoms with Gasteiger partial charge in [-0.3, -0.25) is 9.69 Å². The molecule has 3 N–H and O–H groups in total. The normalized spacial score (nSPS) is 15.7. The Labute approximate surface area is 207 Å². The Bertz CT molecular complexity index is 1170. The standard InChI is InChI=1S/C28H31N3O2.ClH/c1-33-26-9-5-3-6-19(26)10-11-25(31-14-12-30-13-15-31)24-18-22(28(29)32)17-21-16-20-7-2-4-8-23(20)27(21)24;/h2-9,17-18,25,30H,10-16H2,1H3,(H2,29,32);1H. The average Bonchev–Trinajstić information content (AvgIpc) is 3.23. The lowest BCUT2D eigenvalue weighted by atomic mass is 9.88. The summed E-state index contributed by atoms with van der Waals surface area (Å²) in [6.07, 6.45) is 2.69. The second kappa shape index (κ2) is 10.6. The monoisotopic (exact) mass is 477 g/mol. The van der Waals surface area contributed by atoms with Crippen LogP contribution in [-0.4, -0.2) is 44.1 Å². The van der Waals surface area contributed by atoms with E-state index in [0.29, 0.717) is 5.56 Å². The van der Waals surface area contributed by atoms with Crippen LogP contribution in [-0.2, 0) is 12.8 Å². The lowest BCUT2D eigenvalue weighted by Crippen LogP contribution is -2.45. The predicted octanol–water partition coefficient (Wildman–Crippen LogP) is 4.37. The number of ether oxygens (including phenoxy) is 1. The van der Waals surface area contributed by atoms with Crippen molar-refractivity contribution in [1.82, 2.24) is 10.2 Å². The molecule has 0 radical (unpaired) electrons. The van der Waals surface area contributed by atoms with Crippen LogP contribution < -0.4 is 15.8 Å². The van der Waals surface area contributed by atoms with Crippen LogP contribution in [0, 0.1) is 0 Å². The van der Waals surface area contributed by atoms with Crippen LogP contribution in [0.5, 0.6) is 5.75 Å². The number of carbonyl (C=O) groups excluding carboxylic acids is 1. The number of fused-ring (bicyclic) bond motifs is 3. The molecule has 0 aromatic heterocycles. The van der Waals surface area contributed by atoms with Crippen LogP contribution in [0.15, 0.2) is 60.7 Å². The highest BCUT2D eigenvalue weighted by atomic mass is 35.5. The Morgan fingerprint density at radius 1 is 1.06 bits per heavy atom. The molecule has 5 nitrogen and oxygen atoms in total. The second-order valence-electron chi connectivity index (χ2n) is 8.95. The van der Waals surface area contributed by atoms with Gasteiger partial charge < -0.3 is 15.8 Å². The number of nitrogens with two attached hydrogens (primary N) is 1. The molecule has 1 heterocycles. The molecule has 0 bridgehead atoms. The molecule has 1 unspecified atom stereocenters. The number of hydrogen-bond donors (Lipinski definition) is 2. The van der Waals surface area contributed by atoms with E-state index in [0.717, 1.165) is 51.2 Å². The second-order valence-corrected chi connectivity index (χ2v) is 8.95. The largest absolute Gasteiger partial charge is 0.496 e. The van der Waals surface area contributed by atoms with E-state index in [1.165, 1.54) is 33.4 Å². The lowest BCUT2D eigenvalue weighted by Gasteiger charge is -2.36. The summed E-state index contributed by atoms with van der Waals surface area (Å²) < 4.78 is 5.62. The molecule has 1 fully saturated rings. The zero-order chi connectivity index (χ0) is 22.8. The molecule has 178 valence electrons. The highest BCUT2D eigenvalue weighted by Crippen LogP contribution is 2.44. The van der Waals surface area contributed by atoms with Crippen molar-refractivity contribution >= 4 is 18.3 Å². The fourth-order valence-corrected chi connectivity index (χ4v) is 5.45. The van der Waals surface area contributed by atoms with Crippen LogP contribution >= 0.6 is 12.4 Å². The number of methoxy groups -OCH3 is 1. The third kappa shape index (κ3) is 4.69. The van der Waals surface area contributed by atoms with E-state index in [4.69, 9.17) is 10.5 Å². The van der Waals surface area contributed by atoms with E-state index < -0.39 is 0 Å². The van der Waals surface area contributed by atoms with E-state index in [1.807, 2.05) is 18.2 Å². The first kappa shape index (κ1) is 24.3. The Balaban J connectivity index is 0.00000274. The summed E-state index contributed by atoms with van der Waals surface area (Å²) in [5.74, 6) is 0.566. The van der Waals surface area contributed by atoms with Gasteiger partial charge in [-0.25, -0.2) is 0 Å². The van der Waals surface area contributed by atoms with Crippen LogP contribution in [0.4, 0.5) is 0 Å². The van der Waals surface area contributed by atoms with Crippen molar-refractivity contribution in [2.24, 2.45) is 5.73 Å². The molecule has 34 heavy (non-hydrogen) atoms. The fourth-order valence-electron chi connectivity index (χ4n) is 5.45. The highest BCUT2D eigenvalue weighted by Gasteiger charge is 2.30. The number of nitrogens with zero attached hydrogens (tertiary/aromatic N) is 1. The van der Waals surface area contributed by atoms with Crippen LogP contribution in [0.2, 0.25) is 0 Å². The van der Waals surface area contributed by atoms with Gasteiger partial charge in [0, 0.05) is 37.8 Å². The van der Waals surface area contributed by atoms with Crippen molar-refractivity contribution in [3.63, 3.8) is 0 Å². The zero-order valence-corrected chi connectivity index (χ0v) is 20.4. The molecule has 1 atom stereocenters. The number of benzene rings is 3.